The third kappa shape index (κ3) is 33.1. The Hall–Kier alpha value is -1.07. The van der Waals surface area contributed by atoms with Crippen LogP contribution in [-0.2, 0) is 14.3 Å². The van der Waals surface area contributed by atoms with Gasteiger partial charge in [0.1, 0.15) is 24.4 Å². The molecule has 0 aromatic rings. The quantitative estimate of drug-likeness (QED) is 0.0262. The van der Waals surface area contributed by atoms with E-state index < -0.39 is 49.5 Å². The van der Waals surface area contributed by atoms with Crippen LogP contribution in [0.25, 0.3) is 0 Å². The van der Waals surface area contributed by atoms with Gasteiger partial charge >= 0.3 is 0 Å². The summed E-state index contributed by atoms with van der Waals surface area (Å²) >= 11 is 0. The number of ether oxygens (including phenoxy) is 2. The molecule has 0 bridgehead atoms. The second kappa shape index (κ2) is 42.9. The number of amides is 1. The first-order valence-corrected chi connectivity index (χ1v) is 26.4. The normalized spacial score (nSPS) is 20.4. The molecule has 0 aromatic heterocycles. The molecule has 0 saturated carbocycles. The van der Waals surface area contributed by atoms with Gasteiger partial charge < -0.3 is 40.3 Å². The maximum atomic E-state index is 13.0. The summed E-state index contributed by atoms with van der Waals surface area (Å²) in [5, 5.41) is 54.5. The van der Waals surface area contributed by atoms with Gasteiger partial charge in [-0.3, -0.25) is 4.79 Å². The predicted molar refractivity (Wildman–Crippen MR) is 254 cm³/mol. The monoisotopic (exact) mass is 868 g/mol. The molecule has 7 atom stereocenters. The molecule has 362 valence electrons. The fourth-order valence-corrected chi connectivity index (χ4v) is 8.63. The minimum atomic E-state index is -1.55. The smallest absolute Gasteiger partial charge is 0.220 e. The summed E-state index contributed by atoms with van der Waals surface area (Å²) in [5.41, 5.74) is 0. The molecule has 0 radical (unpaired) electrons. The van der Waals surface area contributed by atoms with Crippen molar-refractivity contribution in [3.05, 3.63) is 12.2 Å². The SMILES string of the molecule is CCCCC/C=C\CCCCCCCC(=O)NC(COC1OC(CO)C(O)C(O)C1O)C(O)CCCCCCCCCCCCCCCCCCCCCCCCCCCC. The Kier molecular flexibility index (Phi) is 40.7. The zero-order chi connectivity index (χ0) is 44.4. The minimum Gasteiger partial charge on any atom is -0.394 e. The van der Waals surface area contributed by atoms with Gasteiger partial charge in [0.15, 0.2) is 6.29 Å². The molecular formula is C52H101NO8. The number of carbonyl (C=O) groups is 1. The number of aliphatic hydroxyl groups excluding tert-OH is 5. The van der Waals surface area contributed by atoms with E-state index in [2.05, 4.69) is 31.3 Å². The van der Waals surface area contributed by atoms with Gasteiger partial charge in [-0.25, -0.2) is 0 Å². The summed E-state index contributed by atoms with van der Waals surface area (Å²) in [5.74, 6) is -0.151. The van der Waals surface area contributed by atoms with Crippen LogP contribution in [0, 0.1) is 0 Å². The van der Waals surface area contributed by atoms with E-state index in [9.17, 15) is 30.3 Å². The van der Waals surface area contributed by atoms with Gasteiger partial charge in [0.05, 0.1) is 25.4 Å². The van der Waals surface area contributed by atoms with Crippen LogP contribution >= 0.6 is 0 Å². The Morgan fingerprint density at radius 3 is 1.36 bits per heavy atom. The third-order valence-corrected chi connectivity index (χ3v) is 12.9. The molecule has 61 heavy (non-hydrogen) atoms. The van der Waals surface area contributed by atoms with E-state index in [1.54, 1.807) is 0 Å². The molecule has 1 fully saturated rings. The van der Waals surface area contributed by atoms with Gasteiger partial charge in [0.2, 0.25) is 5.91 Å². The molecule has 0 aromatic carbocycles. The van der Waals surface area contributed by atoms with Crippen LogP contribution in [0.4, 0.5) is 0 Å². The number of unbranched alkanes of at least 4 members (excludes halogenated alkanes) is 33. The lowest BCUT2D eigenvalue weighted by molar-refractivity contribution is -0.302. The molecule has 1 aliphatic rings. The molecule has 0 spiro atoms. The van der Waals surface area contributed by atoms with E-state index in [0.29, 0.717) is 12.8 Å². The summed E-state index contributed by atoms with van der Waals surface area (Å²) in [7, 11) is 0. The second-order valence-electron chi connectivity index (χ2n) is 18.7. The van der Waals surface area contributed by atoms with Crippen LogP contribution in [0.1, 0.15) is 258 Å². The Bertz CT molecular complexity index is 966. The van der Waals surface area contributed by atoms with Crippen LogP contribution in [-0.4, -0.2) is 87.5 Å². The average Bonchev–Trinajstić information content (AvgIpc) is 3.26. The Labute approximate surface area is 376 Å². The predicted octanol–water partition coefficient (Wildman–Crippen LogP) is 12.1. The summed E-state index contributed by atoms with van der Waals surface area (Å²) < 4.78 is 11.3. The number of rotatable bonds is 45. The van der Waals surface area contributed by atoms with Gasteiger partial charge in [0.25, 0.3) is 0 Å². The number of hydrogen-bond acceptors (Lipinski definition) is 8. The molecular weight excluding hydrogens is 767 g/mol. The van der Waals surface area contributed by atoms with E-state index in [1.165, 1.54) is 180 Å². The average molecular weight is 868 g/mol. The summed E-state index contributed by atoms with van der Waals surface area (Å²) in [6.45, 7) is 3.82. The van der Waals surface area contributed by atoms with Crippen molar-refractivity contribution in [2.24, 2.45) is 0 Å². The Morgan fingerprint density at radius 2 is 0.918 bits per heavy atom. The zero-order valence-corrected chi connectivity index (χ0v) is 39.9. The van der Waals surface area contributed by atoms with E-state index in [0.717, 1.165) is 51.4 Å². The molecule has 7 unspecified atom stereocenters. The summed E-state index contributed by atoms with van der Waals surface area (Å²) in [4.78, 5) is 13.0. The summed E-state index contributed by atoms with van der Waals surface area (Å²) in [6.07, 6.45) is 43.8. The van der Waals surface area contributed by atoms with Crippen LogP contribution < -0.4 is 5.32 Å². The van der Waals surface area contributed by atoms with Gasteiger partial charge in [-0.05, 0) is 38.5 Å². The fourth-order valence-electron chi connectivity index (χ4n) is 8.63. The largest absolute Gasteiger partial charge is 0.394 e. The number of allylic oxidation sites excluding steroid dienone is 2. The van der Waals surface area contributed by atoms with Crippen molar-refractivity contribution in [2.45, 2.75) is 301 Å². The van der Waals surface area contributed by atoms with Crippen molar-refractivity contribution in [2.75, 3.05) is 13.2 Å². The maximum Gasteiger partial charge on any atom is 0.220 e. The highest BCUT2D eigenvalue weighted by molar-refractivity contribution is 5.76. The first-order valence-electron chi connectivity index (χ1n) is 26.4. The zero-order valence-electron chi connectivity index (χ0n) is 39.9. The molecule has 1 amide bonds. The van der Waals surface area contributed by atoms with Gasteiger partial charge in [-0.1, -0.05) is 225 Å². The van der Waals surface area contributed by atoms with Crippen LogP contribution in [0.5, 0.6) is 0 Å². The van der Waals surface area contributed by atoms with Crippen LogP contribution in [0.15, 0.2) is 12.2 Å². The van der Waals surface area contributed by atoms with E-state index in [1.807, 2.05) is 0 Å². The molecule has 9 nitrogen and oxygen atoms in total. The fraction of sp³-hybridized carbons (Fsp3) is 0.942. The first-order chi connectivity index (χ1) is 29.8. The van der Waals surface area contributed by atoms with Crippen LogP contribution in [0.3, 0.4) is 0 Å². The standard InChI is InChI=1S/C52H101NO8/c1-3-5-7-9-11-13-15-17-18-19-20-21-22-23-24-25-26-27-28-29-30-31-33-35-37-39-41-46(55)45(44-60-52-51(59)50(58)49(57)47(43-54)61-52)53-48(56)42-40-38-36-34-32-16-14-12-10-8-6-4-2/h12,14,45-47,49-52,54-55,57-59H,3-11,13,15-44H2,1-2H3,(H,53,56)/b14-12-. The van der Waals surface area contributed by atoms with Gasteiger partial charge in [-0.2, -0.15) is 0 Å². The lowest BCUT2D eigenvalue weighted by atomic mass is 9.99. The molecule has 9 heteroatoms. The molecule has 0 aliphatic carbocycles. The van der Waals surface area contributed by atoms with E-state index in [-0.39, 0.29) is 12.5 Å². The molecule has 1 saturated heterocycles. The second-order valence-corrected chi connectivity index (χ2v) is 18.7. The highest BCUT2D eigenvalue weighted by atomic mass is 16.7. The lowest BCUT2D eigenvalue weighted by Crippen LogP contribution is -2.60. The van der Waals surface area contributed by atoms with Crippen molar-refractivity contribution >= 4 is 5.91 Å². The Morgan fingerprint density at radius 1 is 0.541 bits per heavy atom. The number of aliphatic hydroxyl groups is 5. The third-order valence-electron chi connectivity index (χ3n) is 12.9. The van der Waals surface area contributed by atoms with Crippen molar-refractivity contribution in [1.29, 1.82) is 0 Å². The van der Waals surface area contributed by atoms with E-state index in [4.69, 9.17) is 9.47 Å². The Balaban J connectivity index is 2.18. The molecule has 1 heterocycles. The highest BCUT2D eigenvalue weighted by Gasteiger charge is 2.44. The lowest BCUT2D eigenvalue weighted by Gasteiger charge is -2.40. The van der Waals surface area contributed by atoms with Crippen LogP contribution in [0.2, 0.25) is 0 Å². The number of nitrogens with one attached hydrogen (secondary N) is 1. The van der Waals surface area contributed by atoms with Gasteiger partial charge in [0, 0.05) is 6.42 Å². The van der Waals surface area contributed by atoms with Crippen molar-refractivity contribution in [1.82, 2.24) is 5.32 Å². The van der Waals surface area contributed by atoms with Crippen molar-refractivity contribution in [3.63, 3.8) is 0 Å². The summed E-state index contributed by atoms with van der Waals surface area (Å²) in [6, 6.07) is -0.719. The molecule has 6 N–H and O–H groups in total. The molecule has 1 rings (SSSR count). The number of hydrogen-bond donors (Lipinski definition) is 6. The highest BCUT2D eigenvalue weighted by Crippen LogP contribution is 2.23. The first kappa shape index (κ1) is 57.9. The van der Waals surface area contributed by atoms with Crippen molar-refractivity contribution in [3.8, 4) is 0 Å². The van der Waals surface area contributed by atoms with E-state index >= 15 is 0 Å². The minimum absolute atomic E-state index is 0.138. The maximum absolute atomic E-state index is 13.0. The number of carbonyl (C=O) groups excluding carboxylic acids is 1. The van der Waals surface area contributed by atoms with Gasteiger partial charge in [-0.15, -0.1) is 0 Å². The molecule has 1 aliphatic heterocycles. The van der Waals surface area contributed by atoms with Crippen molar-refractivity contribution < 1.29 is 39.8 Å². The topological polar surface area (TPSA) is 149 Å².